The molecule has 8 heteroatoms. The molecule has 0 saturated heterocycles. The lowest BCUT2D eigenvalue weighted by molar-refractivity contribution is 0.0671. The number of hydrogen-bond donors (Lipinski definition) is 3. The van der Waals surface area contributed by atoms with Crippen LogP contribution in [0.3, 0.4) is 0 Å². The van der Waals surface area contributed by atoms with E-state index in [1.165, 1.54) is 6.07 Å². The van der Waals surface area contributed by atoms with Gasteiger partial charge in [0.1, 0.15) is 11.4 Å². The Labute approximate surface area is 163 Å². The minimum atomic E-state index is -1.13. The van der Waals surface area contributed by atoms with Crippen LogP contribution in [0.2, 0.25) is 5.02 Å². The van der Waals surface area contributed by atoms with E-state index < -0.39 is 5.60 Å². The number of halogens is 2. The predicted molar refractivity (Wildman–Crippen MR) is 104 cm³/mol. The monoisotopic (exact) mass is 393 g/mol. The highest BCUT2D eigenvalue weighted by Gasteiger charge is 2.42. The van der Waals surface area contributed by atoms with Crippen molar-refractivity contribution in [2.24, 2.45) is 12.0 Å². The van der Waals surface area contributed by atoms with Gasteiger partial charge < -0.3 is 15.7 Å². The predicted octanol–water partition coefficient (Wildman–Crippen LogP) is 2.53. The van der Waals surface area contributed by atoms with Crippen molar-refractivity contribution in [2.45, 2.75) is 37.8 Å². The number of aliphatic hydroxyl groups is 1. The highest BCUT2D eigenvalue weighted by molar-refractivity contribution is 6.31. The molecule has 1 aromatic carbocycles. The Kier molecular flexibility index (Phi) is 5.72. The maximum absolute atomic E-state index is 14.1. The van der Waals surface area contributed by atoms with Gasteiger partial charge in [0.25, 0.3) is 0 Å². The number of aromatic nitrogens is 2. The molecular formula is C19H25ClFN5O. The fourth-order valence-corrected chi connectivity index (χ4v) is 3.36. The molecule has 0 bridgehead atoms. The molecule has 1 aromatic heterocycles. The van der Waals surface area contributed by atoms with Gasteiger partial charge in [-0.15, -0.1) is 0 Å². The highest BCUT2D eigenvalue weighted by Crippen LogP contribution is 2.44. The van der Waals surface area contributed by atoms with Gasteiger partial charge in [0.15, 0.2) is 5.96 Å². The van der Waals surface area contributed by atoms with Crippen LogP contribution in [0.1, 0.15) is 37.3 Å². The summed E-state index contributed by atoms with van der Waals surface area (Å²) in [6.07, 6.45) is 4.18. The van der Waals surface area contributed by atoms with Crippen LogP contribution < -0.4 is 10.6 Å². The van der Waals surface area contributed by atoms with Crippen molar-refractivity contribution in [3.8, 4) is 0 Å². The fraction of sp³-hybridized carbons (Fsp3) is 0.474. The number of guanidine groups is 1. The molecule has 146 valence electrons. The first-order chi connectivity index (χ1) is 12.8. The zero-order valence-corrected chi connectivity index (χ0v) is 16.5. The molecule has 3 rings (SSSR count). The summed E-state index contributed by atoms with van der Waals surface area (Å²) in [6, 6.07) is 4.80. The van der Waals surface area contributed by atoms with Crippen molar-refractivity contribution >= 4 is 17.6 Å². The largest absolute Gasteiger partial charge is 0.383 e. The van der Waals surface area contributed by atoms with Crippen LogP contribution in [0.25, 0.3) is 0 Å². The van der Waals surface area contributed by atoms with E-state index in [0.717, 1.165) is 6.42 Å². The quantitative estimate of drug-likeness (QED) is 0.521. The minimum absolute atomic E-state index is 0.0152. The molecule has 0 amide bonds. The summed E-state index contributed by atoms with van der Waals surface area (Å²) in [7, 11) is 1.80. The lowest BCUT2D eigenvalue weighted by Gasteiger charge is -2.20. The summed E-state index contributed by atoms with van der Waals surface area (Å²) >= 11 is 6.16. The molecule has 27 heavy (non-hydrogen) atoms. The van der Waals surface area contributed by atoms with E-state index in [0.29, 0.717) is 28.7 Å². The number of rotatable bonds is 6. The van der Waals surface area contributed by atoms with Crippen molar-refractivity contribution in [3.63, 3.8) is 0 Å². The van der Waals surface area contributed by atoms with Crippen LogP contribution in [-0.4, -0.2) is 40.0 Å². The molecule has 3 N–H and O–H groups in total. The van der Waals surface area contributed by atoms with E-state index in [4.69, 9.17) is 11.6 Å². The molecule has 1 aliphatic carbocycles. The molecule has 1 saturated carbocycles. The van der Waals surface area contributed by atoms with Gasteiger partial charge in [0, 0.05) is 47.9 Å². The Hall–Kier alpha value is -2.12. The van der Waals surface area contributed by atoms with Crippen LogP contribution in [-0.2, 0) is 12.6 Å². The van der Waals surface area contributed by atoms with Crippen molar-refractivity contribution < 1.29 is 9.50 Å². The van der Waals surface area contributed by atoms with Crippen molar-refractivity contribution in [3.05, 3.63) is 52.6 Å². The minimum Gasteiger partial charge on any atom is -0.383 e. The molecule has 3 unspecified atom stereocenters. The number of aryl methyl sites for hydroxylation is 1. The van der Waals surface area contributed by atoms with E-state index in [2.05, 4.69) is 20.7 Å². The van der Waals surface area contributed by atoms with Crippen LogP contribution in [0.15, 0.2) is 35.6 Å². The van der Waals surface area contributed by atoms with Crippen molar-refractivity contribution in [1.82, 2.24) is 20.4 Å². The topological polar surface area (TPSA) is 74.5 Å². The van der Waals surface area contributed by atoms with Gasteiger partial charge in [-0.2, -0.15) is 5.10 Å². The average molecular weight is 394 g/mol. The van der Waals surface area contributed by atoms with E-state index in [1.807, 2.05) is 6.92 Å². The van der Waals surface area contributed by atoms with Gasteiger partial charge in [-0.3, -0.25) is 4.68 Å². The SMILES string of the molecule is CCNC(=NCC(C)(O)c1cnn(C)c1)NC1CC1c1c(F)cccc1Cl. The molecule has 0 spiro atoms. The molecule has 0 aliphatic heterocycles. The number of nitrogens with zero attached hydrogens (tertiary/aromatic N) is 3. The van der Waals surface area contributed by atoms with E-state index in [-0.39, 0.29) is 24.3 Å². The zero-order valence-electron chi connectivity index (χ0n) is 15.7. The van der Waals surface area contributed by atoms with Crippen LogP contribution in [0, 0.1) is 5.82 Å². The Morgan fingerprint density at radius 1 is 1.52 bits per heavy atom. The second kappa shape index (κ2) is 7.86. The van der Waals surface area contributed by atoms with Gasteiger partial charge in [-0.1, -0.05) is 17.7 Å². The van der Waals surface area contributed by atoms with Crippen molar-refractivity contribution in [2.75, 3.05) is 13.1 Å². The molecule has 1 heterocycles. The first-order valence-corrected chi connectivity index (χ1v) is 9.40. The first kappa shape index (κ1) is 19.6. The standard InChI is InChI=1S/C19H25ClFN5O/c1-4-22-18(23-11-19(2,27)12-9-24-26(3)10-12)25-16-8-13(16)17-14(20)6-5-7-15(17)21/h5-7,9-10,13,16,27H,4,8,11H2,1-3H3,(H2,22,23,25). The molecule has 3 atom stereocenters. The molecule has 1 fully saturated rings. The Balaban J connectivity index is 1.67. The Morgan fingerprint density at radius 3 is 2.93 bits per heavy atom. The molecule has 1 aliphatic rings. The van der Waals surface area contributed by atoms with Gasteiger partial charge >= 0.3 is 0 Å². The molecular weight excluding hydrogens is 369 g/mol. The molecule has 6 nitrogen and oxygen atoms in total. The normalized spacial score (nSPS) is 21.6. The second-order valence-electron chi connectivity index (χ2n) is 7.10. The summed E-state index contributed by atoms with van der Waals surface area (Å²) in [5.74, 6) is 0.321. The van der Waals surface area contributed by atoms with Gasteiger partial charge in [-0.05, 0) is 32.4 Å². The number of nitrogens with one attached hydrogen (secondary N) is 2. The van der Waals surface area contributed by atoms with Gasteiger partial charge in [0.05, 0.1) is 12.7 Å². The third-order valence-electron chi connectivity index (χ3n) is 4.70. The zero-order chi connectivity index (χ0) is 19.6. The van der Waals surface area contributed by atoms with Crippen LogP contribution in [0.5, 0.6) is 0 Å². The lowest BCUT2D eigenvalue weighted by atomic mass is 10.0. The van der Waals surface area contributed by atoms with Gasteiger partial charge in [0.2, 0.25) is 0 Å². The summed E-state index contributed by atoms with van der Waals surface area (Å²) in [5, 5.41) is 21.7. The van der Waals surface area contributed by atoms with Crippen molar-refractivity contribution in [1.29, 1.82) is 0 Å². The van der Waals surface area contributed by atoms with E-state index in [1.54, 1.807) is 43.2 Å². The first-order valence-electron chi connectivity index (χ1n) is 9.02. The summed E-state index contributed by atoms with van der Waals surface area (Å²) in [4.78, 5) is 4.50. The fourth-order valence-electron chi connectivity index (χ4n) is 3.06. The maximum Gasteiger partial charge on any atom is 0.191 e. The summed E-state index contributed by atoms with van der Waals surface area (Å²) in [5.41, 5.74) is 0.121. The third kappa shape index (κ3) is 4.59. The van der Waals surface area contributed by atoms with E-state index >= 15 is 0 Å². The summed E-state index contributed by atoms with van der Waals surface area (Å²) < 4.78 is 15.7. The third-order valence-corrected chi connectivity index (χ3v) is 5.03. The Bertz CT molecular complexity index is 815. The Morgan fingerprint density at radius 2 is 2.30 bits per heavy atom. The smallest absolute Gasteiger partial charge is 0.191 e. The molecule has 2 aromatic rings. The number of aliphatic imine (C=N–C) groups is 1. The highest BCUT2D eigenvalue weighted by atomic mass is 35.5. The maximum atomic E-state index is 14.1. The average Bonchev–Trinajstić information content (AvgIpc) is 3.19. The second-order valence-corrected chi connectivity index (χ2v) is 7.51. The number of benzene rings is 1. The van der Waals surface area contributed by atoms with Crippen LogP contribution in [0.4, 0.5) is 4.39 Å². The van der Waals surface area contributed by atoms with Gasteiger partial charge in [-0.25, -0.2) is 9.38 Å². The van der Waals surface area contributed by atoms with Crippen LogP contribution >= 0.6 is 11.6 Å². The summed E-state index contributed by atoms with van der Waals surface area (Å²) in [6.45, 7) is 4.52. The number of hydrogen-bond acceptors (Lipinski definition) is 3. The van der Waals surface area contributed by atoms with E-state index in [9.17, 15) is 9.50 Å². The molecule has 0 radical (unpaired) electrons. The lowest BCUT2D eigenvalue weighted by Crippen LogP contribution is -2.40.